The van der Waals surface area contributed by atoms with Crippen molar-refractivity contribution >= 4 is 5.97 Å². The molecular formula is C12H20O3. The van der Waals surface area contributed by atoms with E-state index in [1.54, 1.807) is 6.08 Å². The molecule has 0 atom stereocenters. The largest absolute Gasteiger partial charge is 0.463 e. The molecule has 15 heavy (non-hydrogen) atoms. The van der Waals surface area contributed by atoms with Gasteiger partial charge in [-0.1, -0.05) is 19.4 Å². The monoisotopic (exact) mass is 212 g/mol. The van der Waals surface area contributed by atoms with Crippen LogP contribution in [-0.4, -0.2) is 25.8 Å². The highest BCUT2D eigenvalue weighted by molar-refractivity contribution is 5.81. The van der Waals surface area contributed by atoms with Crippen LogP contribution in [0.2, 0.25) is 0 Å². The van der Waals surface area contributed by atoms with Crippen LogP contribution in [0, 0.1) is 5.92 Å². The van der Waals surface area contributed by atoms with E-state index in [-0.39, 0.29) is 5.97 Å². The van der Waals surface area contributed by atoms with Gasteiger partial charge >= 0.3 is 5.97 Å². The van der Waals surface area contributed by atoms with E-state index in [0.29, 0.717) is 12.5 Å². The predicted molar refractivity (Wildman–Crippen MR) is 58.6 cm³/mol. The molecule has 0 aliphatic carbocycles. The fraction of sp³-hybridized carbons (Fsp3) is 0.750. The second-order valence-corrected chi connectivity index (χ2v) is 3.83. The molecule has 1 saturated heterocycles. The lowest BCUT2D eigenvalue weighted by Crippen LogP contribution is -2.14. The van der Waals surface area contributed by atoms with E-state index in [1.807, 2.05) is 6.08 Å². The van der Waals surface area contributed by atoms with E-state index in [1.165, 1.54) is 0 Å². The zero-order valence-electron chi connectivity index (χ0n) is 9.41. The Labute approximate surface area is 91.4 Å². The van der Waals surface area contributed by atoms with Gasteiger partial charge in [0, 0.05) is 19.3 Å². The lowest BCUT2D eigenvalue weighted by Gasteiger charge is -2.18. The molecule has 1 fully saturated rings. The lowest BCUT2D eigenvalue weighted by molar-refractivity contribution is -0.137. The zero-order chi connectivity index (χ0) is 10.9. The van der Waals surface area contributed by atoms with Crippen LogP contribution in [0.25, 0.3) is 0 Å². The molecule has 0 aromatic carbocycles. The van der Waals surface area contributed by atoms with E-state index >= 15 is 0 Å². The highest BCUT2D eigenvalue weighted by atomic mass is 16.5. The van der Waals surface area contributed by atoms with Crippen molar-refractivity contribution in [2.45, 2.75) is 32.6 Å². The molecule has 1 aliphatic rings. The first kappa shape index (κ1) is 12.2. The lowest BCUT2D eigenvalue weighted by atomic mass is 10.00. The van der Waals surface area contributed by atoms with Crippen molar-refractivity contribution in [2.75, 3.05) is 19.8 Å². The normalized spacial score (nSPS) is 18.2. The maximum Gasteiger partial charge on any atom is 0.330 e. The van der Waals surface area contributed by atoms with Crippen molar-refractivity contribution < 1.29 is 14.3 Å². The third-order valence-electron chi connectivity index (χ3n) is 2.51. The Morgan fingerprint density at radius 2 is 2.20 bits per heavy atom. The van der Waals surface area contributed by atoms with Crippen molar-refractivity contribution in [3.8, 4) is 0 Å². The topological polar surface area (TPSA) is 35.5 Å². The van der Waals surface area contributed by atoms with Gasteiger partial charge in [-0.25, -0.2) is 4.79 Å². The van der Waals surface area contributed by atoms with Crippen LogP contribution in [0.3, 0.4) is 0 Å². The Hall–Kier alpha value is -0.830. The maximum atomic E-state index is 11.2. The second kappa shape index (κ2) is 7.46. The molecule has 3 nitrogen and oxygen atoms in total. The summed E-state index contributed by atoms with van der Waals surface area (Å²) in [5, 5.41) is 0. The first-order chi connectivity index (χ1) is 7.33. The van der Waals surface area contributed by atoms with Crippen LogP contribution in [0.4, 0.5) is 0 Å². The third kappa shape index (κ3) is 5.57. The molecule has 0 bridgehead atoms. The molecule has 1 aliphatic heterocycles. The van der Waals surface area contributed by atoms with Gasteiger partial charge in [0.2, 0.25) is 0 Å². The van der Waals surface area contributed by atoms with Gasteiger partial charge in [0.15, 0.2) is 0 Å². The van der Waals surface area contributed by atoms with E-state index in [9.17, 15) is 4.79 Å². The first-order valence-corrected chi connectivity index (χ1v) is 5.75. The van der Waals surface area contributed by atoms with Crippen LogP contribution in [0.15, 0.2) is 12.2 Å². The summed E-state index contributed by atoms with van der Waals surface area (Å²) in [4.78, 5) is 11.2. The first-order valence-electron chi connectivity index (χ1n) is 5.75. The summed E-state index contributed by atoms with van der Waals surface area (Å²) in [7, 11) is 0. The zero-order valence-corrected chi connectivity index (χ0v) is 9.41. The number of unbranched alkanes of at least 4 members (excludes halogenated alkanes) is 1. The average Bonchev–Trinajstić information content (AvgIpc) is 2.28. The summed E-state index contributed by atoms with van der Waals surface area (Å²) in [5.41, 5.74) is 0. The summed E-state index contributed by atoms with van der Waals surface area (Å²) >= 11 is 0. The number of hydrogen-bond donors (Lipinski definition) is 0. The number of rotatable bonds is 5. The number of hydrogen-bond acceptors (Lipinski definition) is 3. The highest BCUT2D eigenvalue weighted by Crippen LogP contribution is 2.15. The van der Waals surface area contributed by atoms with Gasteiger partial charge in [0.05, 0.1) is 6.61 Å². The number of allylic oxidation sites excluding steroid dienone is 1. The maximum absolute atomic E-state index is 11.2. The van der Waals surface area contributed by atoms with Crippen molar-refractivity contribution in [2.24, 2.45) is 5.92 Å². The number of carbonyl (C=O) groups excluding carboxylic acids is 1. The Bertz CT molecular complexity index is 205. The Kier molecular flexibility index (Phi) is 6.09. The van der Waals surface area contributed by atoms with E-state index in [4.69, 9.17) is 9.47 Å². The van der Waals surface area contributed by atoms with E-state index in [0.717, 1.165) is 38.9 Å². The van der Waals surface area contributed by atoms with Gasteiger partial charge in [-0.05, 0) is 25.2 Å². The predicted octanol–water partition coefficient (Wildman–Crippen LogP) is 2.31. The van der Waals surface area contributed by atoms with Gasteiger partial charge in [-0.2, -0.15) is 0 Å². The number of ether oxygens (including phenoxy) is 2. The van der Waals surface area contributed by atoms with E-state index in [2.05, 4.69) is 6.92 Å². The molecular weight excluding hydrogens is 192 g/mol. The van der Waals surface area contributed by atoms with Gasteiger partial charge < -0.3 is 9.47 Å². The van der Waals surface area contributed by atoms with Crippen LogP contribution >= 0.6 is 0 Å². The molecule has 0 amide bonds. The minimum atomic E-state index is -0.213. The summed E-state index contributed by atoms with van der Waals surface area (Å²) in [6, 6.07) is 0. The van der Waals surface area contributed by atoms with Crippen LogP contribution in [0.1, 0.15) is 32.6 Å². The molecule has 0 spiro atoms. The van der Waals surface area contributed by atoms with Crippen molar-refractivity contribution in [1.29, 1.82) is 0 Å². The molecule has 1 heterocycles. The van der Waals surface area contributed by atoms with Crippen LogP contribution < -0.4 is 0 Å². The van der Waals surface area contributed by atoms with E-state index < -0.39 is 0 Å². The molecule has 1 rings (SSSR count). The number of esters is 1. The molecule has 0 N–H and O–H groups in total. The second-order valence-electron chi connectivity index (χ2n) is 3.83. The Balaban J connectivity index is 2.14. The minimum absolute atomic E-state index is 0.213. The quantitative estimate of drug-likeness (QED) is 0.398. The molecule has 3 heteroatoms. The summed E-state index contributed by atoms with van der Waals surface area (Å²) in [5.74, 6) is 0.271. The fourth-order valence-corrected chi connectivity index (χ4v) is 1.49. The molecule has 0 unspecified atom stereocenters. The third-order valence-corrected chi connectivity index (χ3v) is 2.51. The standard InChI is InChI=1S/C12H20O3/c1-2-3-8-15-12(13)5-4-11-6-9-14-10-7-11/h4-5,11H,2-3,6-10H2,1H3. The molecule has 0 radical (unpaired) electrons. The van der Waals surface area contributed by atoms with Crippen LogP contribution in [-0.2, 0) is 14.3 Å². The van der Waals surface area contributed by atoms with Crippen LogP contribution in [0.5, 0.6) is 0 Å². The fourth-order valence-electron chi connectivity index (χ4n) is 1.49. The molecule has 0 saturated carbocycles. The van der Waals surface area contributed by atoms with Gasteiger partial charge in [-0.3, -0.25) is 0 Å². The number of carbonyl (C=O) groups is 1. The summed E-state index contributed by atoms with van der Waals surface area (Å²) < 4.78 is 10.3. The van der Waals surface area contributed by atoms with Crippen molar-refractivity contribution in [3.63, 3.8) is 0 Å². The average molecular weight is 212 g/mol. The molecule has 86 valence electrons. The Morgan fingerprint density at radius 1 is 1.47 bits per heavy atom. The van der Waals surface area contributed by atoms with Gasteiger partial charge in [0.25, 0.3) is 0 Å². The highest BCUT2D eigenvalue weighted by Gasteiger charge is 2.10. The van der Waals surface area contributed by atoms with Crippen molar-refractivity contribution in [1.82, 2.24) is 0 Å². The minimum Gasteiger partial charge on any atom is -0.463 e. The summed E-state index contributed by atoms with van der Waals surface area (Å²) in [6.45, 7) is 4.22. The van der Waals surface area contributed by atoms with Crippen molar-refractivity contribution in [3.05, 3.63) is 12.2 Å². The van der Waals surface area contributed by atoms with Gasteiger partial charge in [-0.15, -0.1) is 0 Å². The van der Waals surface area contributed by atoms with Gasteiger partial charge in [0.1, 0.15) is 0 Å². The Morgan fingerprint density at radius 3 is 2.87 bits per heavy atom. The SMILES string of the molecule is CCCCOC(=O)C=CC1CCOCC1. The summed E-state index contributed by atoms with van der Waals surface area (Å²) in [6.07, 6.45) is 7.54. The smallest absolute Gasteiger partial charge is 0.330 e. The molecule has 0 aromatic heterocycles. The molecule has 0 aromatic rings.